The molecule has 0 saturated carbocycles. The fourth-order valence-corrected chi connectivity index (χ4v) is 3.05. The maximum Gasteiger partial charge on any atom is 0.0853 e. The molecule has 0 spiro atoms. The van der Waals surface area contributed by atoms with E-state index in [4.69, 9.17) is 5.11 Å². The van der Waals surface area contributed by atoms with Gasteiger partial charge in [-0.2, -0.15) is 11.8 Å². The topological polar surface area (TPSA) is 36.4 Å². The van der Waals surface area contributed by atoms with Gasteiger partial charge in [0, 0.05) is 30.2 Å². The van der Waals surface area contributed by atoms with E-state index in [0.29, 0.717) is 0 Å². The summed E-state index contributed by atoms with van der Waals surface area (Å²) in [6, 6.07) is 4.04. The fourth-order valence-electron chi connectivity index (χ4n) is 2.31. The van der Waals surface area contributed by atoms with Gasteiger partial charge < -0.3 is 10.0 Å². The predicted molar refractivity (Wildman–Crippen MR) is 73.5 cm³/mol. The lowest BCUT2D eigenvalue weighted by Gasteiger charge is -2.23. The molecule has 17 heavy (non-hydrogen) atoms. The average molecular weight is 252 g/mol. The van der Waals surface area contributed by atoms with E-state index in [9.17, 15) is 0 Å². The Hall–Kier alpha value is -0.740. The molecule has 1 saturated heterocycles. The summed E-state index contributed by atoms with van der Waals surface area (Å²) in [5.41, 5.74) is 1.96. The lowest BCUT2D eigenvalue weighted by Crippen LogP contribution is -2.24. The molecule has 1 aromatic rings. The number of hydrogen-bond donors (Lipinski definition) is 1. The Morgan fingerprint density at radius 3 is 3.12 bits per heavy atom. The third kappa shape index (κ3) is 3.36. The Bertz CT molecular complexity index is 359. The minimum absolute atomic E-state index is 0.0229. The van der Waals surface area contributed by atoms with Gasteiger partial charge in [0.15, 0.2) is 0 Å². The Kier molecular flexibility index (Phi) is 4.68. The van der Waals surface area contributed by atoms with Crippen LogP contribution in [0, 0.1) is 0 Å². The van der Waals surface area contributed by atoms with E-state index in [2.05, 4.69) is 16.1 Å². The quantitative estimate of drug-likeness (QED) is 0.895. The molecule has 0 amide bonds. The van der Waals surface area contributed by atoms with E-state index >= 15 is 0 Å². The second-order valence-corrected chi connectivity index (χ2v) is 5.58. The van der Waals surface area contributed by atoms with Crippen molar-refractivity contribution in [3.8, 4) is 0 Å². The van der Waals surface area contributed by atoms with Crippen LogP contribution in [0.15, 0.2) is 18.3 Å². The van der Waals surface area contributed by atoms with Crippen LogP contribution in [0.25, 0.3) is 0 Å². The summed E-state index contributed by atoms with van der Waals surface area (Å²) in [4.78, 5) is 6.54. The number of thioether (sulfide) groups is 1. The van der Waals surface area contributed by atoms with Gasteiger partial charge in [-0.05, 0) is 37.7 Å². The van der Waals surface area contributed by atoms with Crippen molar-refractivity contribution in [2.45, 2.75) is 31.1 Å². The van der Waals surface area contributed by atoms with Crippen molar-refractivity contribution in [3.05, 3.63) is 24.0 Å². The summed E-state index contributed by atoms with van der Waals surface area (Å²) in [5, 5.41) is 9.92. The number of hydrogen-bond acceptors (Lipinski definition) is 4. The number of aliphatic hydroxyl groups excluding tert-OH is 1. The maximum atomic E-state index is 9.11. The Morgan fingerprint density at radius 1 is 1.47 bits per heavy atom. The number of aliphatic hydroxyl groups is 1. The van der Waals surface area contributed by atoms with Crippen LogP contribution in [0.5, 0.6) is 0 Å². The van der Waals surface area contributed by atoms with Crippen LogP contribution in [-0.4, -0.2) is 34.7 Å². The van der Waals surface area contributed by atoms with Crippen LogP contribution < -0.4 is 4.90 Å². The monoisotopic (exact) mass is 252 g/mol. The number of nitrogens with zero attached hydrogens (tertiary/aromatic N) is 2. The first-order valence-electron chi connectivity index (χ1n) is 6.17. The SMILES string of the molecule is CSC1CCCN(c2ccnc(CO)c2)CC1. The van der Waals surface area contributed by atoms with Crippen molar-refractivity contribution in [2.75, 3.05) is 24.2 Å². The van der Waals surface area contributed by atoms with Crippen molar-refractivity contribution < 1.29 is 5.11 Å². The smallest absolute Gasteiger partial charge is 0.0853 e. The molecule has 94 valence electrons. The zero-order valence-electron chi connectivity index (χ0n) is 10.3. The number of anilines is 1. The van der Waals surface area contributed by atoms with Gasteiger partial charge >= 0.3 is 0 Å². The molecule has 1 aliphatic heterocycles. The van der Waals surface area contributed by atoms with E-state index in [0.717, 1.165) is 24.0 Å². The van der Waals surface area contributed by atoms with E-state index in [1.807, 2.05) is 23.9 Å². The highest BCUT2D eigenvalue weighted by Gasteiger charge is 2.16. The molecule has 0 aromatic carbocycles. The van der Waals surface area contributed by atoms with Gasteiger partial charge in [0.25, 0.3) is 0 Å². The number of rotatable bonds is 3. The van der Waals surface area contributed by atoms with Gasteiger partial charge in [-0.1, -0.05) is 0 Å². The Morgan fingerprint density at radius 2 is 2.35 bits per heavy atom. The first kappa shape index (κ1) is 12.7. The lowest BCUT2D eigenvalue weighted by atomic mass is 10.2. The Labute approximate surface area is 107 Å². The van der Waals surface area contributed by atoms with Gasteiger partial charge in [-0.15, -0.1) is 0 Å². The number of pyridine rings is 1. The number of aromatic nitrogens is 1. The highest BCUT2D eigenvalue weighted by molar-refractivity contribution is 7.99. The standard InChI is InChI=1S/C13H20N2OS/c1-17-13-3-2-7-15(8-5-13)12-4-6-14-11(9-12)10-16/h4,6,9,13,16H,2-3,5,7-8,10H2,1H3. The molecule has 0 bridgehead atoms. The van der Waals surface area contributed by atoms with Crippen molar-refractivity contribution in [1.29, 1.82) is 0 Å². The predicted octanol–water partition coefficient (Wildman–Crippen LogP) is 2.30. The fraction of sp³-hybridized carbons (Fsp3) is 0.615. The molecule has 0 radical (unpaired) electrons. The second-order valence-electron chi connectivity index (χ2n) is 4.44. The molecule has 0 aliphatic carbocycles. The van der Waals surface area contributed by atoms with Gasteiger partial charge in [-0.3, -0.25) is 4.98 Å². The third-order valence-corrected chi connectivity index (χ3v) is 4.47. The average Bonchev–Trinajstić information content (AvgIpc) is 2.64. The van der Waals surface area contributed by atoms with Crippen LogP contribution in [0.1, 0.15) is 25.0 Å². The molecule has 2 rings (SSSR count). The summed E-state index contributed by atoms with van der Waals surface area (Å²) in [5.74, 6) is 0. The molecule has 4 heteroatoms. The van der Waals surface area contributed by atoms with Crippen molar-refractivity contribution in [1.82, 2.24) is 4.98 Å². The normalized spacial score (nSPS) is 21.3. The first-order valence-corrected chi connectivity index (χ1v) is 7.46. The van der Waals surface area contributed by atoms with Crippen LogP contribution in [0.3, 0.4) is 0 Å². The largest absolute Gasteiger partial charge is 0.390 e. The van der Waals surface area contributed by atoms with E-state index < -0.39 is 0 Å². The van der Waals surface area contributed by atoms with Crippen molar-refractivity contribution in [3.63, 3.8) is 0 Å². The van der Waals surface area contributed by atoms with Gasteiger partial charge in [0.2, 0.25) is 0 Å². The second kappa shape index (κ2) is 6.26. The molecule has 1 aliphatic rings. The molecule has 3 nitrogen and oxygen atoms in total. The van der Waals surface area contributed by atoms with Gasteiger partial charge in [-0.25, -0.2) is 0 Å². The molecule has 1 unspecified atom stereocenters. The molecule has 2 heterocycles. The van der Waals surface area contributed by atoms with E-state index in [1.54, 1.807) is 6.20 Å². The summed E-state index contributed by atoms with van der Waals surface area (Å²) >= 11 is 1.98. The minimum atomic E-state index is 0.0229. The van der Waals surface area contributed by atoms with Crippen molar-refractivity contribution in [2.24, 2.45) is 0 Å². The lowest BCUT2D eigenvalue weighted by molar-refractivity contribution is 0.277. The molecule has 1 N–H and O–H groups in total. The molecule has 1 aromatic heterocycles. The zero-order chi connectivity index (χ0) is 12.1. The van der Waals surface area contributed by atoms with E-state index in [1.165, 1.54) is 24.9 Å². The maximum absolute atomic E-state index is 9.11. The summed E-state index contributed by atoms with van der Waals surface area (Å²) in [7, 11) is 0. The highest BCUT2D eigenvalue weighted by Crippen LogP contribution is 2.24. The van der Waals surface area contributed by atoms with Gasteiger partial charge in [0.1, 0.15) is 0 Å². The molecule has 1 atom stereocenters. The molecular formula is C13H20N2OS. The van der Waals surface area contributed by atoms with Crippen LogP contribution in [0.2, 0.25) is 0 Å². The van der Waals surface area contributed by atoms with Crippen LogP contribution in [0.4, 0.5) is 5.69 Å². The molecular weight excluding hydrogens is 232 g/mol. The summed E-state index contributed by atoms with van der Waals surface area (Å²) in [6.07, 6.45) is 7.81. The van der Waals surface area contributed by atoms with Gasteiger partial charge in [0.05, 0.1) is 12.3 Å². The Balaban J connectivity index is 2.05. The van der Waals surface area contributed by atoms with Crippen LogP contribution in [-0.2, 0) is 6.61 Å². The summed E-state index contributed by atoms with van der Waals surface area (Å²) in [6.45, 7) is 2.25. The summed E-state index contributed by atoms with van der Waals surface area (Å²) < 4.78 is 0. The third-order valence-electron chi connectivity index (χ3n) is 3.34. The van der Waals surface area contributed by atoms with Crippen molar-refractivity contribution >= 4 is 17.4 Å². The highest BCUT2D eigenvalue weighted by atomic mass is 32.2. The first-order chi connectivity index (χ1) is 8.33. The molecule has 1 fully saturated rings. The van der Waals surface area contributed by atoms with Crippen LogP contribution >= 0.6 is 11.8 Å². The zero-order valence-corrected chi connectivity index (χ0v) is 11.1. The van der Waals surface area contributed by atoms with E-state index in [-0.39, 0.29) is 6.61 Å². The minimum Gasteiger partial charge on any atom is -0.390 e.